The van der Waals surface area contributed by atoms with E-state index < -0.39 is 0 Å². The van der Waals surface area contributed by atoms with Crippen molar-refractivity contribution in [2.75, 3.05) is 0 Å². The van der Waals surface area contributed by atoms with Crippen LogP contribution in [-0.4, -0.2) is 27.7 Å². The molecule has 1 unspecified atom stereocenters. The van der Waals surface area contributed by atoms with E-state index in [1.807, 2.05) is 0 Å². The summed E-state index contributed by atoms with van der Waals surface area (Å²) < 4.78 is 0. The number of rotatable bonds is 1. The molecular weight excluding hydrogens is 179 g/mol. The van der Waals surface area contributed by atoms with Crippen molar-refractivity contribution < 1.29 is 0 Å². The van der Waals surface area contributed by atoms with Crippen LogP contribution in [0.5, 0.6) is 0 Å². The molecule has 1 aliphatic carbocycles. The van der Waals surface area contributed by atoms with Crippen molar-refractivity contribution >= 4 is 33.7 Å². The molecule has 0 fully saturated rings. The van der Waals surface area contributed by atoms with Gasteiger partial charge < -0.3 is 0 Å². The summed E-state index contributed by atoms with van der Waals surface area (Å²) in [7, 11) is -0.227. The van der Waals surface area contributed by atoms with Gasteiger partial charge in [-0.1, -0.05) is 49.0 Å². The van der Waals surface area contributed by atoms with Gasteiger partial charge in [0.1, 0.15) is 0 Å². The van der Waals surface area contributed by atoms with Crippen LogP contribution in [0, 0.1) is 6.92 Å². The average molecular weight is 194 g/mol. The van der Waals surface area contributed by atoms with E-state index in [1.165, 1.54) is 11.1 Å². The van der Waals surface area contributed by atoms with Crippen molar-refractivity contribution in [3.8, 4) is 0 Å². The average Bonchev–Trinajstić information content (AvgIpc) is 2.46. The molecule has 0 aromatic heterocycles. The first-order valence-corrected chi connectivity index (χ1v) is 7.35. The maximum Gasteiger partial charge on any atom is 0.0548 e. The van der Waals surface area contributed by atoms with E-state index in [0.29, 0.717) is 0 Å². The van der Waals surface area contributed by atoms with Crippen LogP contribution in [0.25, 0.3) is 6.08 Å². The van der Waals surface area contributed by atoms with Crippen molar-refractivity contribution in [1.29, 1.82) is 0 Å². The second-order valence-corrected chi connectivity index (χ2v) is 6.82. The number of hydrogen-bond donors (Lipinski definition) is 0. The standard InChI is InChI=1S/C12H15Si.Li/c1-9-4-5-10-6-7-12(13(2)3)11(10)8-9;/h4-8,12H,1-3H3;. The molecular formula is C12H15LiSi. The Morgan fingerprint density at radius 3 is 2.57 bits per heavy atom. The maximum atomic E-state index is 2.39. The van der Waals surface area contributed by atoms with Crippen LogP contribution in [0.2, 0.25) is 13.1 Å². The molecule has 0 saturated heterocycles. The number of allylic oxidation sites excluding steroid dienone is 1. The summed E-state index contributed by atoms with van der Waals surface area (Å²) in [4.78, 5) is 0. The molecule has 68 valence electrons. The van der Waals surface area contributed by atoms with Crippen LogP contribution < -0.4 is 0 Å². The Morgan fingerprint density at radius 1 is 1.21 bits per heavy atom. The molecule has 1 aromatic rings. The number of fused-ring (bicyclic) bond motifs is 1. The molecule has 1 atom stereocenters. The molecule has 0 amide bonds. The van der Waals surface area contributed by atoms with Gasteiger partial charge in [-0.25, -0.2) is 0 Å². The molecule has 1 aromatic carbocycles. The minimum Gasteiger partial charge on any atom is -0.0794 e. The second kappa shape index (κ2) is 4.53. The number of aryl methyl sites for hydroxylation is 1. The second-order valence-electron chi connectivity index (χ2n) is 4.05. The van der Waals surface area contributed by atoms with Crippen LogP contribution in [0.1, 0.15) is 22.2 Å². The van der Waals surface area contributed by atoms with E-state index in [0.717, 1.165) is 5.54 Å². The van der Waals surface area contributed by atoms with Gasteiger partial charge >= 0.3 is 0 Å². The van der Waals surface area contributed by atoms with Gasteiger partial charge in [-0.05, 0) is 23.6 Å². The fourth-order valence-corrected chi connectivity index (χ4v) is 3.28. The van der Waals surface area contributed by atoms with Gasteiger partial charge in [-0.3, -0.25) is 0 Å². The van der Waals surface area contributed by atoms with Crippen LogP contribution in [-0.2, 0) is 0 Å². The Bertz CT molecular complexity index is 355. The smallest absolute Gasteiger partial charge is 0.0548 e. The van der Waals surface area contributed by atoms with E-state index in [9.17, 15) is 0 Å². The summed E-state index contributed by atoms with van der Waals surface area (Å²) in [5, 5.41) is 0. The first-order valence-electron chi connectivity index (χ1n) is 4.77. The fourth-order valence-electron chi connectivity index (χ4n) is 1.92. The van der Waals surface area contributed by atoms with Crippen molar-refractivity contribution in [3.63, 3.8) is 0 Å². The fraction of sp³-hybridized carbons (Fsp3) is 0.333. The maximum absolute atomic E-state index is 2.39. The predicted octanol–water partition coefficient (Wildman–Crippen LogP) is 3.02. The molecule has 0 aliphatic heterocycles. The zero-order valence-corrected chi connectivity index (χ0v) is 10.5. The van der Waals surface area contributed by atoms with Crippen LogP contribution in [0.3, 0.4) is 0 Å². The van der Waals surface area contributed by atoms with Crippen LogP contribution in [0.4, 0.5) is 0 Å². The van der Waals surface area contributed by atoms with E-state index in [2.05, 4.69) is 50.4 Å². The number of benzene rings is 1. The summed E-state index contributed by atoms with van der Waals surface area (Å²) in [5.74, 6) is 0. The minimum absolute atomic E-state index is 0. The molecule has 0 N–H and O–H groups in total. The molecule has 0 saturated carbocycles. The molecule has 0 heterocycles. The summed E-state index contributed by atoms with van der Waals surface area (Å²) in [5.41, 5.74) is 5.11. The first-order chi connectivity index (χ1) is 6.18. The van der Waals surface area contributed by atoms with Gasteiger partial charge in [0.15, 0.2) is 0 Å². The Labute approximate surface area is 100 Å². The molecule has 2 heteroatoms. The topological polar surface area (TPSA) is 0 Å². The van der Waals surface area contributed by atoms with Crippen molar-refractivity contribution in [3.05, 3.63) is 41.0 Å². The third kappa shape index (κ3) is 2.06. The van der Waals surface area contributed by atoms with Gasteiger partial charge in [-0.2, -0.15) is 0 Å². The van der Waals surface area contributed by atoms with E-state index >= 15 is 0 Å². The van der Waals surface area contributed by atoms with Gasteiger partial charge in [0.2, 0.25) is 0 Å². The van der Waals surface area contributed by atoms with Gasteiger partial charge in [0, 0.05) is 18.9 Å². The van der Waals surface area contributed by atoms with E-state index in [4.69, 9.17) is 0 Å². The SMILES string of the molecule is Cc1ccc2c(c1)C([Si](C)C)C=C2.[Li]. The monoisotopic (exact) mass is 194 g/mol. The summed E-state index contributed by atoms with van der Waals surface area (Å²) in [6, 6.07) is 6.78. The molecule has 2 rings (SSSR count). The summed E-state index contributed by atoms with van der Waals surface area (Å²) in [6.45, 7) is 6.95. The molecule has 2 radical (unpaired) electrons. The van der Waals surface area contributed by atoms with E-state index in [1.54, 1.807) is 5.56 Å². The number of hydrogen-bond acceptors (Lipinski definition) is 0. The quantitative estimate of drug-likeness (QED) is 0.603. The Balaban J connectivity index is 0.000000980. The predicted molar refractivity (Wildman–Crippen MR) is 66.2 cm³/mol. The first kappa shape index (κ1) is 11.8. The molecule has 0 bridgehead atoms. The third-order valence-corrected chi connectivity index (χ3v) is 4.42. The minimum atomic E-state index is -0.227. The molecule has 0 spiro atoms. The van der Waals surface area contributed by atoms with Crippen molar-refractivity contribution in [1.82, 2.24) is 0 Å². The molecule has 1 aliphatic rings. The third-order valence-electron chi connectivity index (χ3n) is 2.67. The zero-order chi connectivity index (χ0) is 9.42. The Morgan fingerprint density at radius 2 is 1.93 bits per heavy atom. The van der Waals surface area contributed by atoms with Crippen molar-refractivity contribution in [2.45, 2.75) is 25.6 Å². The van der Waals surface area contributed by atoms with Gasteiger partial charge in [0.05, 0.1) is 8.80 Å². The molecule has 14 heavy (non-hydrogen) atoms. The van der Waals surface area contributed by atoms with E-state index in [-0.39, 0.29) is 27.7 Å². The van der Waals surface area contributed by atoms with Gasteiger partial charge in [0.25, 0.3) is 0 Å². The van der Waals surface area contributed by atoms with Crippen molar-refractivity contribution in [2.24, 2.45) is 0 Å². The summed E-state index contributed by atoms with van der Waals surface area (Å²) >= 11 is 0. The zero-order valence-electron chi connectivity index (χ0n) is 9.46. The van der Waals surface area contributed by atoms with Crippen LogP contribution in [0.15, 0.2) is 24.3 Å². The largest absolute Gasteiger partial charge is 0.0794 e. The Hall–Kier alpha value is -0.226. The normalized spacial score (nSPS) is 18.1. The molecule has 0 nitrogen and oxygen atoms in total. The Kier molecular flexibility index (Phi) is 3.83. The van der Waals surface area contributed by atoms with Gasteiger partial charge in [-0.15, -0.1) is 0 Å². The van der Waals surface area contributed by atoms with Crippen LogP contribution >= 0.6 is 0 Å². The summed E-state index contributed by atoms with van der Waals surface area (Å²) in [6.07, 6.45) is 4.65.